The first-order valence-electron chi connectivity index (χ1n) is 9.58. The van der Waals surface area contributed by atoms with Gasteiger partial charge in [0.15, 0.2) is 23.1 Å². The van der Waals surface area contributed by atoms with Crippen molar-refractivity contribution < 1.29 is 28.2 Å². The van der Waals surface area contributed by atoms with Gasteiger partial charge in [-0.25, -0.2) is 8.78 Å². The van der Waals surface area contributed by atoms with E-state index >= 15 is 8.78 Å². The minimum atomic E-state index is -1.26. The largest absolute Gasteiger partial charge is 0.493 e. The Morgan fingerprint density at radius 1 is 1.32 bits per heavy atom. The Kier molecular flexibility index (Phi) is 6.17. The van der Waals surface area contributed by atoms with Gasteiger partial charge in [0.1, 0.15) is 11.9 Å². The molecular weight excluding hydrogens is 408 g/mol. The first kappa shape index (κ1) is 22.5. The fraction of sp³-hybridized carbons (Fsp3) is 0.364. The molecule has 31 heavy (non-hydrogen) atoms. The molecule has 0 saturated carbocycles. The minimum Gasteiger partial charge on any atom is -0.493 e. The highest BCUT2D eigenvalue weighted by molar-refractivity contribution is 5.86. The zero-order valence-corrected chi connectivity index (χ0v) is 17.8. The van der Waals surface area contributed by atoms with E-state index in [1.165, 1.54) is 19.1 Å². The summed E-state index contributed by atoms with van der Waals surface area (Å²) >= 11 is 0. The van der Waals surface area contributed by atoms with Crippen molar-refractivity contribution in [2.24, 2.45) is 0 Å². The van der Waals surface area contributed by atoms with Gasteiger partial charge in [0.2, 0.25) is 5.91 Å². The van der Waals surface area contributed by atoms with Gasteiger partial charge in [0, 0.05) is 24.2 Å². The quantitative estimate of drug-likeness (QED) is 0.682. The number of fused-ring (bicyclic) bond motifs is 1. The predicted molar refractivity (Wildman–Crippen MR) is 111 cm³/mol. The summed E-state index contributed by atoms with van der Waals surface area (Å²) in [4.78, 5) is 17.0. The first-order chi connectivity index (χ1) is 14.6. The molecule has 9 heteroatoms. The molecule has 0 spiro atoms. The SMILES string of the molecule is C=CC(=O)NCc1cc2c(cn1)CN(c1c(F)c(OC)cc(OC)c1F)C(O)C2(C)C. The van der Waals surface area contributed by atoms with E-state index in [-0.39, 0.29) is 30.5 Å². The molecule has 0 saturated heterocycles. The molecule has 1 unspecified atom stereocenters. The van der Waals surface area contributed by atoms with Crippen LogP contribution in [0.15, 0.2) is 31.0 Å². The molecule has 1 amide bonds. The van der Waals surface area contributed by atoms with Crippen molar-refractivity contribution in [2.75, 3.05) is 19.1 Å². The Hall–Kier alpha value is -3.20. The number of methoxy groups -OCH3 is 2. The van der Waals surface area contributed by atoms with Crippen molar-refractivity contribution in [3.05, 3.63) is 59.4 Å². The first-order valence-corrected chi connectivity index (χ1v) is 9.58. The lowest BCUT2D eigenvalue weighted by Gasteiger charge is -2.45. The maximum absolute atomic E-state index is 15.1. The van der Waals surface area contributed by atoms with Crippen molar-refractivity contribution in [3.63, 3.8) is 0 Å². The van der Waals surface area contributed by atoms with Gasteiger partial charge in [-0.2, -0.15) is 0 Å². The molecular formula is C22H25F2N3O4. The van der Waals surface area contributed by atoms with Crippen LogP contribution in [0.1, 0.15) is 30.7 Å². The Bertz CT molecular complexity index is 998. The molecule has 0 radical (unpaired) electrons. The van der Waals surface area contributed by atoms with Crippen LogP contribution in [-0.2, 0) is 23.3 Å². The van der Waals surface area contributed by atoms with Gasteiger partial charge in [0.25, 0.3) is 0 Å². The van der Waals surface area contributed by atoms with Gasteiger partial charge >= 0.3 is 0 Å². The Labute approximate surface area is 179 Å². The van der Waals surface area contributed by atoms with Crippen molar-refractivity contribution in [3.8, 4) is 11.5 Å². The number of carbonyl (C=O) groups is 1. The van der Waals surface area contributed by atoms with Crippen molar-refractivity contribution in [1.29, 1.82) is 0 Å². The van der Waals surface area contributed by atoms with Crippen LogP contribution in [0.2, 0.25) is 0 Å². The molecule has 2 heterocycles. The monoisotopic (exact) mass is 433 g/mol. The molecule has 2 aromatic rings. The van der Waals surface area contributed by atoms with Crippen molar-refractivity contribution in [1.82, 2.24) is 10.3 Å². The van der Waals surface area contributed by atoms with Crippen molar-refractivity contribution >= 4 is 11.6 Å². The number of halogens is 2. The Balaban J connectivity index is 2.06. The number of nitrogens with zero attached hydrogens (tertiary/aromatic N) is 2. The van der Waals surface area contributed by atoms with E-state index in [1.807, 2.05) is 0 Å². The number of aliphatic hydroxyl groups is 1. The third-order valence-electron chi connectivity index (χ3n) is 5.49. The maximum atomic E-state index is 15.1. The van der Waals surface area contributed by atoms with Gasteiger partial charge in [-0.05, 0) is 23.3 Å². The summed E-state index contributed by atoms with van der Waals surface area (Å²) in [6.45, 7) is 7.13. The van der Waals surface area contributed by atoms with Gasteiger partial charge in [0.05, 0.1) is 26.5 Å². The molecule has 1 aromatic heterocycles. The molecule has 0 fully saturated rings. The van der Waals surface area contributed by atoms with E-state index < -0.39 is 29.0 Å². The van der Waals surface area contributed by atoms with E-state index in [1.54, 1.807) is 26.1 Å². The Morgan fingerprint density at radius 2 is 1.94 bits per heavy atom. The molecule has 1 aromatic carbocycles. The second-order valence-electron chi connectivity index (χ2n) is 7.74. The fourth-order valence-corrected chi connectivity index (χ4v) is 3.72. The van der Waals surface area contributed by atoms with Gasteiger partial charge < -0.3 is 24.8 Å². The number of pyridine rings is 1. The summed E-state index contributed by atoms with van der Waals surface area (Å²) in [5, 5.41) is 13.8. The van der Waals surface area contributed by atoms with Crippen LogP contribution in [0.3, 0.4) is 0 Å². The zero-order valence-electron chi connectivity index (χ0n) is 17.8. The third-order valence-corrected chi connectivity index (χ3v) is 5.49. The van der Waals surface area contributed by atoms with E-state index in [2.05, 4.69) is 16.9 Å². The van der Waals surface area contributed by atoms with E-state index in [4.69, 9.17) is 9.47 Å². The smallest absolute Gasteiger partial charge is 0.243 e. The van der Waals surface area contributed by atoms with Crippen LogP contribution in [0, 0.1) is 11.6 Å². The second-order valence-corrected chi connectivity index (χ2v) is 7.74. The summed E-state index contributed by atoms with van der Waals surface area (Å²) in [5.74, 6) is -2.60. The number of hydrogen-bond donors (Lipinski definition) is 2. The number of ether oxygens (including phenoxy) is 2. The average molecular weight is 433 g/mol. The predicted octanol–water partition coefficient (Wildman–Crippen LogP) is 2.80. The summed E-state index contributed by atoms with van der Waals surface area (Å²) in [7, 11) is 2.53. The summed E-state index contributed by atoms with van der Waals surface area (Å²) in [6.07, 6.45) is 1.48. The Morgan fingerprint density at radius 3 is 2.48 bits per heavy atom. The second kappa shape index (κ2) is 8.50. The molecule has 3 rings (SSSR count). The number of benzene rings is 1. The number of amides is 1. The van der Waals surface area contributed by atoms with Crippen LogP contribution in [0.5, 0.6) is 11.5 Å². The van der Waals surface area contributed by atoms with Crippen LogP contribution in [0.25, 0.3) is 0 Å². The highest BCUT2D eigenvalue weighted by Crippen LogP contribution is 2.44. The number of rotatable bonds is 6. The highest BCUT2D eigenvalue weighted by Gasteiger charge is 2.43. The van der Waals surface area contributed by atoms with Gasteiger partial charge in [-0.3, -0.25) is 9.78 Å². The lowest BCUT2D eigenvalue weighted by molar-refractivity contribution is -0.116. The van der Waals surface area contributed by atoms with Crippen LogP contribution >= 0.6 is 0 Å². The molecule has 0 bridgehead atoms. The van der Waals surface area contributed by atoms with Crippen molar-refractivity contribution in [2.45, 2.75) is 38.6 Å². The summed E-state index contributed by atoms with van der Waals surface area (Å²) in [5.41, 5.74) is 0.690. The van der Waals surface area contributed by atoms with Gasteiger partial charge in [-0.15, -0.1) is 0 Å². The molecule has 1 aliphatic heterocycles. The lowest BCUT2D eigenvalue weighted by Crippen LogP contribution is -2.52. The topological polar surface area (TPSA) is 83.9 Å². The normalized spacial score (nSPS) is 17.0. The number of nitrogens with one attached hydrogen (secondary N) is 1. The lowest BCUT2D eigenvalue weighted by atomic mass is 9.76. The number of carbonyl (C=O) groups excluding carboxylic acids is 1. The number of hydrogen-bond acceptors (Lipinski definition) is 6. The summed E-state index contributed by atoms with van der Waals surface area (Å²) < 4.78 is 40.2. The molecule has 1 atom stereocenters. The van der Waals surface area contributed by atoms with E-state index in [0.29, 0.717) is 11.3 Å². The van der Waals surface area contributed by atoms with E-state index in [9.17, 15) is 9.90 Å². The molecule has 1 aliphatic rings. The highest BCUT2D eigenvalue weighted by atomic mass is 19.1. The minimum absolute atomic E-state index is 0.0103. The van der Waals surface area contributed by atoms with E-state index in [0.717, 1.165) is 17.7 Å². The standard InChI is InChI=1S/C22H25F2N3O4/c1-6-17(28)26-10-13-7-14-12(9-25-13)11-27(21(29)22(14,2)3)20-18(23)15(30-4)8-16(31-5)19(20)24/h6-9,21,29H,1,10-11H2,2-5H3,(H,26,28). The zero-order chi connectivity index (χ0) is 22.9. The number of anilines is 1. The molecule has 166 valence electrons. The maximum Gasteiger partial charge on any atom is 0.243 e. The van der Waals surface area contributed by atoms with Crippen LogP contribution in [-0.4, -0.2) is 36.4 Å². The summed E-state index contributed by atoms with van der Waals surface area (Å²) in [6, 6.07) is 2.90. The molecule has 0 aliphatic carbocycles. The molecule has 7 nitrogen and oxygen atoms in total. The third kappa shape index (κ3) is 3.93. The fourth-order valence-electron chi connectivity index (χ4n) is 3.72. The van der Waals surface area contributed by atoms with Crippen LogP contribution in [0.4, 0.5) is 14.5 Å². The van der Waals surface area contributed by atoms with Crippen LogP contribution < -0.4 is 19.7 Å². The average Bonchev–Trinajstić information content (AvgIpc) is 2.76. The molecule has 2 N–H and O–H groups in total. The number of aliphatic hydroxyl groups excluding tert-OH is 1. The number of aromatic nitrogens is 1. The van der Waals surface area contributed by atoms with Gasteiger partial charge in [-0.1, -0.05) is 20.4 Å².